The first-order chi connectivity index (χ1) is 12.2. The summed E-state index contributed by atoms with van der Waals surface area (Å²) >= 11 is 0. The van der Waals surface area contributed by atoms with Crippen molar-refractivity contribution < 1.29 is 9.53 Å². The molecule has 6 heteroatoms. The van der Waals surface area contributed by atoms with Crippen molar-refractivity contribution in [2.75, 3.05) is 0 Å². The van der Waals surface area contributed by atoms with Gasteiger partial charge in [-0.3, -0.25) is 0 Å². The first-order valence-electron chi connectivity index (χ1n) is 8.52. The average Bonchev–Trinajstić information content (AvgIpc) is 3.40. The standard InChI is InChI=1S/C19H20N4O2/c1-13(21-19(24)25-12-14-6-3-2-4-7-14)17-22-16-8-5-11-20-18(16)23(17)15-9-10-15/h2-8,11,13,15H,9-10,12H2,1H3,(H,21,24). The monoisotopic (exact) mass is 336 g/mol. The first kappa shape index (κ1) is 15.6. The van der Waals surface area contributed by atoms with Gasteiger partial charge in [-0.2, -0.15) is 0 Å². The van der Waals surface area contributed by atoms with Crippen molar-refractivity contribution in [3.63, 3.8) is 0 Å². The van der Waals surface area contributed by atoms with Gasteiger partial charge in [-0.25, -0.2) is 14.8 Å². The summed E-state index contributed by atoms with van der Waals surface area (Å²) in [5.41, 5.74) is 2.70. The van der Waals surface area contributed by atoms with Crippen LogP contribution in [-0.2, 0) is 11.3 Å². The number of alkyl carbamates (subject to hydrolysis) is 1. The minimum Gasteiger partial charge on any atom is -0.445 e. The Kier molecular flexibility index (Phi) is 4.09. The molecule has 1 N–H and O–H groups in total. The molecular weight excluding hydrogens is 316 g/mol. The second-order valence-electron chi connectivity index (χ2n) is 6.35. The molecule has 0 saturated heterocycles. The molecule has 1 fully saturated rings. The summed E-state index contributed by atoms with van der Waals surface area (Å²) in [6.07, 6.45) is 3.58. The van der Waals surface area contributed by atoms with E-state index < -0.39 is 6.09 Å². The van der Waals surface area contributed by atoms with E-state index in [4.69, 9.17) is 4.74 Å². The van der Waals surface area contributed by atoms with Crippen LogP contribution in [0.3, 0.4) is 0 Å². The van der Waals surface area contributed by atoms with Crippen LogP contribution in [0, 0.1) is 0 Å². The van der Waals surface area contributed by atoms with Crippen LogP contribution in [0.15, 0.2) is 48.7 Å². The molecule has 25 heavy (non-hydrogen) atoms. The summed E-state index contributed by atoms with van der Waals surface area (Å²) in [5.74, 6) is 0.827. The zero-order valence-electron chi connectivity index (χ0n) is 14.1. The molecule has 2 aromatic heterocycles. The van der Waals surface area contributed by atoms with Crippen LogP contribution in [0.25, 0.3) is 11.2 Å². The third kappa shape index (κ3) is 3.33. The Balaban J connectivity index is 1.47. The Morgan fingerprint density at radius 1 is 1.28 bits per heavy atom. The van der Waals surface area contributed by atoms with Crippen molar-refractivity contribution >= 4 is 17.3 Å². The number of benzene rings is 1. The van der Waals surface area contributed by atoms with Crippen LogP contribution in [-0.4, -0.2) is 20.6 Å². The van der Waals surface area contributed by atoms with Crippen LogP contribution in [0.1, 0.15) is 43.2 Å². The Labute approximate surface area is 145 Å². The second kappa shape index (κ2) is 6.55. The van der Waals surface area contributed by atoms with E-state index in [0.29, 0.717) is 6.04 Å². The fourth-order valence-corrected chi connectivity index (χ4v) is 2.95. The van der Waals surface area contributed by atoms with E-state index in [9.17, 15) is 4.79 Å². The lowest BCUT2D eigenvalue weighted by molar-refractivity contribution is 0.136. The third-order valence-corrected chi connectivity index (χ3v) is 4.32. The van der Waals surface area contributed by atoms with E-state index in [2.05, 4.69) is 19.9 Å². The quantitative estimate of drug-likeness (QED) is 0.770. The number of pyridine rings is 1. The summed E-state index contributed by atoms with van der Waals surface area (Å²) < 4.78 is 7.46. The SMILES string of the molecule is CC(NC(=O)OCc1ccccc1)c1nc2cccnc2n1C1CC1. The molecule has 1 aliphatic carbocycles. The van der Waals surface area contributed by atoms with Gasteiger partial charge in [-0.1, -0.05) is 30.3 Å². The van der Waals surface area contributed by atoms with E-state index >= 15 is 0 Å². The number of aromatic nitrogens is 3. The number of hydrogen-bond donors (Lipinski definition) is 1. The maximum atomic E-state index is 12.1. The van der Waals surface area contributed by atoms with E-state index in [0.717, 1.165) is 35.4 Å². The van der Waals surface area contributed by atoms with E-state index in [1.54, 1.807) is 6.20 Å². The lowest BCUT2D eigenvalue weighted by Crippen LogP contribution is -2.29. The maximum Gasteiger partial charge on any atom is 0.408 e. The molecule has 1 unspecified atom stereocenters. The molecule has 0 aliphatic heterocycles. The van der Waals surface area contributed by atoms with E-state index in [-0.39, 0.29) is 12.6 Å². The molecule has 128 valence electrons. The van der Waals surface area contributed by atoms with Crippen molar-refractivity contribution in [1.82, 2.24) is 19.9 Å². The number of amides is 1. The van der Waals surface area contributed by atoms with Gasteiger partial charge in [0.1, 0.15) is 17.9 Å². The largest absolute Gasteiger partial charge is 0.445 e. The normalized spacial score (nSPS) is 15.1. The number of imidazole rings is 1. The van der Waals surface area contributed by atoms with Gasteiger partial charge in [0.15, 0.2) is 5.65 Å². The fraction of sp³-hybridized carbons (Fsp3) is 0.316. The van der Waals surface area contributed by atoms with E-state index in [1.165, 1.54) is 0 Å². The molecule has 3 aromatic rings. The maximum absolute atomic E-state index is 12.1. The molecule has 0 radical (unpaired) electrons. The molecule has 1 atom stereocenters. The average molecular weight is 336 g/mol. The molecule has 1 aromatic carbocycles. The van der Waals surface area contributed by atoms with Gasteiger partial charge in [0.05, 0.1) is 6.04 Å². The molecule has 1 amide bonds. The summed E-state index contributed by atoms with van der Waals surface area (Å²) in [7, 11) is 0. The zero-order valence-corrected chi connectivity index (χ0v) is 14.1. The molecule has 1 saturated carbocycles. The number of ether oxygens (including phenoxy) is 1. The minimum atomic E-state index is -0.446. The Bertz CT molecular complexity index is 887. The van der Waals surface area contributed by atoms with Gasteiger partial charge in [-0.05, 0) is 37.5 Å². The highest BCUT2D eigenvalue weighted by atomic mass is 16.5. The highest BCUT2D eigenvalue weighted by molar-refractivity contribution is 5.72. The molecule has 2 heterocycles. The Hall–Kier alpha value is -2.89. The van der Waals surface area contributed by atoms with Gasteiger partial charge in [0.25, 0.3) is 0 Å². The van der Waals surface area contributed by atoms with Crippen molar-refractivity contribution in [3.8, 4) is 0 Å². The highest BCUT2D eigenvalue weighted by Gasteiger charge is 2.31. The second-order valence-corrected chi connectivity index (χ2v) is 6.35. The fourth-order valence-electron chi connectivity index (χ4n) is 2.95. The summed E-state index contributed by atoms with van der Waals surface area (Å²) in [6, 6.07) is 13.6. The van der Waals surface area contributed by atoms with Crippen molar-refractivity contribution in [1.29, 1.82) is 0 Å². The molecular formula is C19H20N4O2. The smallest absolute Gasteiger partial charge is 0.408 e. The first-order valence-corrected chi connectivity index (χ1v) is 8.52. The van der Waals surface area contributed by atoms with Crippen molar-refractivity contribution in [2.45, 2.75) is 38.5 Å². The number of fused-ring (bicyclic) bond motifs is 1. The Morgan fingerprint density at radius 2 is 2.08 bits per heavy atom. The third-order valence-electron chi connectivity index (χ3n) is 4.32. The molecule has 6 nitrogen and oxygen atoms in total. The summed E-state index contributed by atoms with van der Waals surface area (Å²) in [6.45, 7) is 2.17. The predicted molar refractivity (Wildman–Crippen MR) is 94.0 cm³/mol. The number of carbonyl (C=O) groups is 1. The predicted octanol–water partition coefficient (Wildman–Crippen LogP) is 3.75. The van der Waals surface area contributed by atoms with E-state index in [1.807, 2.05) is 49.4 Å². The van der Waals surface area contributed by atoms with Crippen LogP contribution in [0.5, 0.6) is 0 Å². The number of nitrogens with zero attached hydrogens (tertiary/aromatic N) is 3. The number of hydrogen-bond acceptors (Lipinski definition) is 4. The zero-order chi connectivity index (χ0) is 17.2. The van der Waals surface area contributed by atoms with Gasteiger partial charge in [0, 0.05) is 12.2 Å². The van der Waals surface area contributed by atoms with Crippen molar-refractivity contribution in [2.24, 2.45) is 0 Å². The number of carbonyl (C=O) groups excluding carboxylic acids is 1. The van der Waals surface area contributed by atoms with Crippen LogP contribution in [0.2, 0.25) is 0 Å². The number of nitrogens with one attached hydrogen (secondary N) is 1. The topological polar surface area (TPSA) is 69.0 Å². The van der Waals surface area contributed by atoms with Gasteiger partial charge >= 0.3 is 6.09 Å². The summed E-state index contributed by atoms with van der Waals surface area (Å²) in [4.78, 5) is 21.3. The summed E-state index contributed by atoms with van der Waals surface area (Å²) in [5, 5.41) is 2.88. The molecule has 1 aliphatic rings. The minimum absolute atomic E-state index is 0.250. The Morgan fingerprint density at radius 3 is 2.84 bits per heavy atom. The molecule has 0 spiro atoms. The highest BCUT2D eigenvalue weighted by Crippen LogP contribution is 2.39. The van der Waals surface area contributed by atoms with Crippen LogP contribution in [0.4, 0.5) is 4.79 Å². The lowest BCUT2D eigenvalue weighted by Gasteiger charge is -2.15. The van der Waals surface area contributed by atoms with Gasteiger partial charge in [-0.15, -0.1) is 0 Å². The van der Waals surface area contributed by atoms with Crippen LogP contribution < -0.4 is 5.32 Å². The van der Waals surface area contributed by atoms with Gasteiger partial charge in [0.2, 0.25) is 0 Å². The number of rotatable bonds is 5. The van der Waals surface area contributed by atoms with Crippen molar-refractivity contribution in [3.05, 3.63) is 60.0 Å². The lowest BCUT2D eigenvalue weighted by atomic mass is 10.2. The van der Waals surface area contributed by atoms with Crippen LogP contribution >= 0.6 is 0 Å². The molecule has 0 bridgehead atoms. The molecule has 4 rings (SSSR count). The van der Waals surface area contributed by atoms with Gasteiger partial charge < -0.3 is 14.6 Å².